The first-order valence-corrected chi connectivity index (χ1v) is 12.4. The Morgan fingerprint density at radius 1 is 1.20 bits per heavy atom. The van der Waals surface area contributed by atoms with E-state index >= 15 is 0 Å². The van der Waals surface area contributed by atoms with Crippen LogP contribution >= 0.6 is 11.6 Å². The number of fused-ring (bicyclic) bond motifs is 1. The summed E-state index contributed by atoms with van der Waals surface area (Å²) < 4.78 is 20.7. The number of methoxy groups -OCH3 is 1. The Hall–Kier alpha value is -4.55. The van der Waals surface area contributed by atoms with Gasteiger partial charge in [-0.15, -0.1) is 0 Å². The highest BCUT2D eigenvalue weighted by Gasteiger charge is 2.15. The van der Waals surface area contributed by atoms with E-state index in [0.717, 1.165) is 10.9 Å². The molecule has 0 spiro atoms. The smallest absolute Gasteiger partial charge is 0.325 e. The van der Waals surface area contributed by atoms with E-state index < -0.39 is 18.3 Å². The van der Waals surface area contributed by atoms with Gasteiger partial charge in [0, 0.05) is 30.5 Å². The minimum atomic E-state index is -1.12. The second-order valence-electron chi connectivity index (χ2n) is 9.08. The Morgan fingerprint density at radius 2 is 2.00 bits per heavy atom. The zero-order chi connectivity index (χ0) is 28.8. The monoisotopic (exact) mass is 567 g/mol. The third kappa shape index (κ3) is 7.10. The summed E-state index contributed by atoms with van der Waals surface area (Å²) in [6.07, 6.45) is 5.77. The summed E-state index contributed by atoms with van der Waals surface area (Å²) in [4.78, 5) is 33.9. The number of halogens is 2. The fourth-order valence-corrected chi connectivity index (χ4v) is 4.11. The van der Waals surface area contributed by atoms with Gasteiger partial charge in [-0.3, -0.25) is 14.3 Å². The highest BCUT2D eigenvalue weighted by molar-refractivity contribution is 6.33. The zero-order valence-corrected chi connectivity index (χ0v) is 22.7. The molecule has 0 aliphatic rings. The van der Waals surface area contributed by atoms with Crippen molar-refractivity contribution < 1.29 is 23.8 Å². The van der Waals surface area contributed by atoms with Crippen molar-refractivity contribution in [3.05, 3.63) is 77.1 Å². The van der Waals surface area contributed by atoms with Crippen molar-refractivity contribution in [1.29, 1.82) is 0 Å². The lowest BCUT2D eigenvalue weighted by atomic mass is 10.1. The van der Waals surface area contributed by atoms with E-state index in [2.05, 4.69) is 25.7 Å². The van der Waals surface area contributed by atoms with Crippen LogP contribution in [0.4, 0.5) is 21.6 Å². The highest BCUT2D eigenvalue weighted by atomic mass is 35.5. The summed E-state index contributed by atoms with van der Waals surface area (Å²) in [6, 6.07) is 8.55. The molecule has 2 aromatic heterocycles. The Bertz CT molecular complexity index is 1590. The molecule has 4 rings (SSSR count). The minimum absolute atomic E-state index is 0.111. The van der Waals surface area contributed by atoms with E-state index in [1.165, 1.54) is 19.5 Å². The lowest BCUT2D eigenvalue weighted by Crippen LogP contribution is -2.13. The molecule has 0 saturated heterocycles. The molecule has 0 fully saturated rings. The van der Waals surface area contributed by atoms with Gasteiger partial charge in [-0.1, -0.05) is 23.7 Å². The molecule has 3 N–H and O–H groups in total. The molecule has 13 heteroatoms. The number of carbonyl (C=O) groups is 2. The topological polar surface area (TPSA) is 135 Å². The van der Waals surface area contributed by atoms with Gasteiger partial charge in [-0.2, -0.15) is 5.10 Å². The number of aromatic nitrogens is 4. The van der Waals surface area contributed by atoms with E-state index in [1.807, 2.05) is 19.0 Å². The lowest BCUT2D eigenvalue weighted by molar-refractivity contribution is -0.137. The summed E-state index contributed by atoms with van der Waals surface area (Å²) >= 11 is 6.54. The first kappa shape index (κ1) is 28.5. The number of likely N-dealkylation sites (N-methyl/N-ethyl adjacent to an activating group) is 1. The third-order valence-electron chi connectivity index (χ3n) is 5.70. The van der Waals surface area contributed by atoms with Crippen molar-refractivity contribution in [2.75, 3.05) is 38.4 Å². The SMILES string of the molecule is COc1cc2ncnc(Nc3ccc(Cc4nn(CC(=O)O)cc4F)cc3Cl)c2cc1NC(=O)/C=C/CN(C)C. The van der Waals surface area contributed by atoms with E-state index in [4.69, 9.17) is 21.4 Å². The normalized spacial score (nSPS) is 11.3. The number of carboxylic acid groups (broad SMARTS) is 1. The van der Waals surface area contributed by atoms with Crippen LogP contribution in [-0.4, -0.2) is 69.4 Å². The molecule has 4 aromatic rings. The number of carboxylic acids is 1. The van der Waals surface area contributed by atoms with Gasteiger partial charge in [0.05, 0.1) is 35.2 Å². The Morgan fingerprint density at radius 3 is 2.70 bits per heavy atom. The molecule has 0 radical (unpaired) electrons. The molecule has 208 valence electrons. The molecule has 0 unspecified atom stereocenters. The predicted octanol–water partition coefficient (Wildman–Crippen LogP) is 4.10. The predicted molar refractivity (Wildman–Crippen MR) is 150 cm³/mol. The van der Waals surface area contributed by atoms with Crippen molar-refractivity contribution >= 4 is 51.6 Å². The van der Waals surface area contributed by atoms with Crippen molar-refractivity contribution in [1.82, 2.24) is 24.6 Å². The van der Waals surface area contributed by atoms with Crippen molar-refractivity contribution in [2.24, 2.45) is 0 Å². The molecule has 1 amide bonds. The molecule has 2 aromatic carbocycles. The maximum atomic E-state index is 14.2. The van der Waals surface area contributed by atoms with Crippen LogP contribution in [0.3, 0.4) is 0 Å². The maximum absolute atomic E-state index is 14.2. The van der Waals surface area contributed by atoms with Gasteiger partial charge >= 0.3 is 5.97 Å². The zero-order valence-electron chi connectivity index (χ0n) is 22.0. The summed E-state index contributed by atoms with van der Waals surface area (Å²) in [5.74, 6) is -1.15. The quantitative estimate of drug-likeness (QED) is 0.229. The first-order chi connectivity index (χ1) is 19.1. The van der Waals surface area contributed by atoms with Crippen molar-refractivity contribution in [2.45, 2.75) is 13.0 Å². The van der Waals surface area contributed by atoms with E-state index in [-0.39, 0.29) is 18.0 Å². The number of hydrogen-bond acceptors (Lipinski definition) is 8. The average Bonchev–Trinajstić information content (AvgIpc) is 3.22. The number of nitrogens with one attached hydrogen (secondary N) is 2. The number of rotatable bonds is 11. The van der Waals surface area contributed by atoms with Crippen LogP contribution in [-0.2, 0) is 22.6 Å². The molecule has 0 aliphatic carbocycles. The van der Waals surface area contributed by atoms with E-state index in [1.54, 1.807) is 36.4 Å². The molecule has 0 saturated carbocycles. The van der Waals surface area contributed by atoms with Gasteiger partial charge in [0.25, 0.3) is 0 Å². The number of hydrogen-bond donors (Lipinski definition) is 3. The Labute approximate surface area is 234 Å². The van der Waals surface area contributed by atoms with Crippen LogP contribution in [0.2, 0.25) is 5.02 Å². The number of aliphatic carboxylic acids is 1. The Balaban J connectivity index is 1.57. The fourth-order valence-electron chi connectivity index (χ4n) is 3.86. The van der Waals surface area contributed by atoms with Gasteiger partial charge in [0.2, 0.25) is 5.91 Å². The van der Waals surface area contributed by atoms with Crippen LogP contribution in [0, 0.1) is 5.82 Å². The lowest BCUT2D eigenvalue weighted by Gasteiger charge is -2.14. The van der Waals surface area contributed by atoms with Gasteiger partial charge in [0.15, 0.2) is 5.82 Å². The molecule has 40 heavy (non-hydrogen) atoms. The number of nitrogens with zero attached hydrogens (tertiary/aromatic N) is 5. The van der Waals surface area contributed by atoms with E-state index in [0.29, 0.717) is 51.0 Å². The average molecular weight is 568 g/mol. The fraction of sp³-hybridized carbons (Fsp3) is 0.222. The minimum Gasteiger partial charge on any atom is -0.494 e. The van der Waals surface area contributed by atoms with E-state index in [9.17, 15) is 14.0 Å². The Kier molecular flexibility index (Phi) is 8.92. The summed E-state index contributed by atoms with van der Waals surface area (Å²) in [5.41, 5.74) is 2.35. The van der Waals surface area contributed by atoms with Crippen LogP contribution in [0.15, 0.2) is 55.0 Å². The second kappa shape index (κ2) is 12.5. The van der Waals surface area contributed by atoms with Gasteiger partial charge in [0.1, 0.15) is 30.1 Å². The van der Waals surface area contributed by atoms with Crippen LogP contribution in [0.1, 0.15) is 11.3 Å². The third-order valence-corrected chi connectivity index (χ3v) is 6.01. The number of benzene rings is 2. The molecule has 11 nitrogen and oxygen atoms in total. The summed E-state index contributed by atoms with van der Waals surface area (Å²) in [6.45, 7) is 0.185. The van der Waals surface area contributed by atoms with Gasteiger partial charge in [-0.25, -0.2) is 14.4 Å². The molecular formula is C27H27ClFN7O4. The first-order valence-electron chi connectivity index (χ1n) is 12.1. The second-order valence-corrected chi connectivity index (χ2v) is 9.48. The van der Waals surface area contributed by atoms with Crippen molar-refractivity contribution in [3.63, 3.8) is 0 Å². The number of carbonyl (C=O) groups excluding carboxylic acids is 1. The molecular weight excluding hydrogens is 541 g/mol. The highest BCUT2D eigenvalue weighted by Crippen LogP contribution is 2.34. The molecule has 0 atom stereocenters. The van der Waals surface area contributed by atoms with Gasteiger partial charge < -0.3 is 25.4 Å². The standard InChI is InChI=1S/C27H27ClFN7O4/c1-35(2)8-4-5-25(37)32-23-11-17-21(12-24(23)40-3)30-15-31-27(17)33-20-7-6-16(9-18(20)28)10-22-19(29)13-36(34-22)14-26(38)39/h4-7,9,11-13,15H,8,10,14H2,1-3H3,(H,32,37)(H,38,39)(H,30,31,33)/b5-4+. The molecule has 0 bridgehead atoms. The maximum Gasteiger partial charge on any atom is 0.325 e. The molecule has 0 aliphatic heterocycles. The number of anilines is 3. The van der Waals surface area contributed by atoms with Gasteiger partial charge in [-0.05, 0) is 37.9 Å². The van der Waals surface area contributed by atoms with Crippen molar-refractivity contribution in [3.8, 4) is 5.75 Å². The summed E-state index contributed by atoms with van der Waals surface area (Å²) in [7, 11) is 5.31. The van der Waals surface area contributed by atoms with Crippen LogP contribution in [0.5, 0.6) is 5.75 Å². The molecule has 2 heterocycles. The largest absolute Gasteiger partial charge is 0.494 e. The summed E-state index contributed by atoms with van der Waals surface area (Å²) in [5, 5.41) is 19.9. The van der Waals surface area contributed by atoms with Crippen LogP contribution < -0.4 is 15.4 Å². The number of ether oxygens (including phenoxy) is 1. The van der Waals surface area contributed by atoms with Crippen LogP contribution in [0.25, 0.3) is 10.9 Å². The number of amides is 1.